The van der Waals surface area contributed by atoms with Gasteiger partial charge in [-0.15, -0.1) is 0 Å². The zero-order chi connectivity index (χ0) is 26.4. The Labute approximate surface area is 217 Å². The van der Waals surface area contributed by atoms with Gasteiger partial charge in [0.05, 0.1) is 17.3 Å². The lowest BCUT2D eigenvalue weighted by molar-refractivity contribution is -0.131. The third kappa shape index (κ3) is 5.78. The van der Waals surface area contributed by atoms with Crippen LogP contribution in [0.15, 0.2) is 48.0 Å². The van der Waals surface area contributed by atoms with Crippen molar-refractivity contribution in [3.05, 3.63) is 54.1 Å². The Bertz CT molecular complexity index is 1340. The van der Waals surface area contributed by atoms with Crippen molar-refractivity contribution in [2.45, 2.75) is 12.8 Å². The number of aromatic nitrogens is 3. The van der Waals surface area contributed by atoms with Crippen LogP contribution in [0.5, 0.6) is 0 Å². The van der Waals surface area contributed by atoms with Gasteiger partial charge < -0.3 is 20.4 Å². The van der Waals surface area contributed by atoms with Gasteiger partial charge in [-0.3, -0.25) is 9.79 Å². The third-order valence-corrected chi connectivity index (χ3v) is 6.52. The largest absolute Gasteiger partial charge is 0.404 e. The highest BCUT2D eigenvalue weighted by molar-refractivity contribution is 6.10. The summed E-state index contributed by atoms with van der Waals surface area (Å²) in [5.41, 5.74) is 10.3. The Balaban J connectivity index is 1.53. The Kier molecular flexibility index (Phi) is 8.15. The van der Waals surface area contributed by atoms with E-state index in [0.717, 1.165) is 54.1 Å². The number of aliphatic imine (C=N–C) groups is 1. The number of amides is 1. The number of nitrogens with zero attached hydrogens (tertiary/aromatic N) is 8. The van der Waals surface area contributed by atoms with Crippen LogP contribution >= 0.6 is 0 Å². The van der Waals surface area contributed by atoms with Crippen LogP contribution < -0.4 is 10.6 Å². The number of piperazine rings is 1. The Morgan fingerprint density at radius 1 is 1.24 bits per heavy atom. The van der Waals surface area contributed by atoms with Crippen LogP contribution in [0.25, 0.3) is 22.2 Å². The van der Waals surface area contributed by atoms with E-state index in [-0.39, 0.29) is 5.91 Å². The van der Waals surface area contributed by atoms with Gasteiger partial charge in [-0.05, 0) is 45.3 Å². The highest BCUT2D eigenvalue weighted by Crippen LogP contribution is 2.30. The van der Waals surface area contributed by atoms with Gasteiger partial charge in [0, 0.05) is 86.7 Å². The summed E-state index contributed by atoms with van der Waals surface area (Å²) in [4.78, 5) is 27.6. The first-order chi connectivity index (χ1) is 17.9. The van der Waals surface area contributed by atoms with Crippen LogP contribution in [0.3, 0.4) is 0 Å². The average Bonchev–Trinajstić information content (AvgIpc) is 3.34. The van der Waals surface area contributed by atoms with Gasteiger partial charge in [-0.1, -0.05) is 0 Å². The maximum atomic E-state index is 12.5. The lowest BCUT2D eigenvalue weighted by atomic mass is 10.0. The molecule has 1 aliphatic heterocycles. The number of nitrogens with two attached hydrogens (primary N) is 1. The Morgan fingerprint density at radius 2 is 2.03 bits per heavy atom. The van der Waals surface area contributed by atoms with Crippen molar-refractivity contribution in [3.63, 3.8) is 0 Å². The first-order valence-electron chi connectivity index (χ1n) is 12.3. The Hall–Kier alpha value is -4.23. The average molecular weight is 500 g/mol. The van der Waals surface area contributed by atoms with Crippen molar-refractivity contribution < 1.29 is 4.79 Å². The quantitative estimate of drug-likeness (QED) is 0.472. The minimum atomic E-state index is 0.224. The van der Waals surface area contributed by atoms with Crippen LogP contribution in [-0.2, 0) is 4.79 Å². The Morgan fingerprint density at radius 3 is 2.65 bits per heavy atom. The fraction of sp³-hybridized carbons (Fsp3) is 0.370. The molecule has 4 rings (SSSR count). The molecule has 1 aliphatic rings. The maximum Gasteiger partial charge on any atom is 0.222 e. The summed E-state index contributed by atoms with van der Waals surface area (Å²) in [5, 5.41) is 14.0. The van der Waals surface area contributed by atoms with Crippen molar-refractivity contribution in [3.8, 4) is 17.2 Å². The predicted octanol–water partition coefficient (Wildman–Crippen LogP) is 2.26. The summed E-state index contributed by atoms with van der Waals surface area (Å²) < 4.78 is 1.69. The van der Waals surface area contributed by atoms with E-state index in [1.54, 1.807) is 24.0 Å². The molecule has 0 bridgehead atoms. The highest BCUT2D eigenvalue weighted by atomic mass is 16.2. The molecule has 37 heavy (non-hydrogen) atoms. The molecule has 0 spiro atoms. The summed E-state index contributed by atoms with van der Waals surface area (Å²) in [7, 11) is 5.73. The second-order valence-electron chi connectivity index (χ2n) is 9.29. The van der Waals surface area contributed by atoms with Gasteiger partial charge >= 0.3 is 0 Å². The van der Waals surface area contributed by atoms with Crippen molar-refractivity contribution >= 4 is 29.0 Å². The minimum Gasteiger partial charge on any atom is -0.404 e. The van der Waals surface area contributed by atoms with Gasteiger partial charge in [-0.25, -0.2) is 9.50 Å². The monoisotopic (exact) mass is 499 g/mol. The van der Waals surface area contributed by atoms with Crippen LogP contribution in [0.1, 0.15) is 24.0 Å². The van der Waals surface area contributed by atoms with Crippen molar-refractivity contribution in [1.82, 2.24) is 24.4 Å². The van der Waals surface area contributed by atoms with E-state index < -0.39 is 0 Å². The normalized spacial score (nSPS) is 14.6. The minimum absolute atomic E-state index is 0.224. The molecular formula is C27H33N9O. The number of allylic oxidation sites excluding steroid dienone is 1. The number of rotatable bonds is 8. The fourth-order valence-electron chi connectivity index (χ4n) is 4.56. The van der Waals surface area contributed by atoms with Crippen LogP contribution in [0, 0.1) is 11.3 Å². The molecule has 2 N–H and O–H groups in total. The number of anilines is 1. The molecule has 0 unspecified atom stereocenters. The van der Waals surface area contributed by atoms with E-state index in [2.05, 4.69) is 26.0 Å². The van der Waals surface area contributed by atoms with E-state index >= 15 is 0 Å². The number of nitriles is 1. The summed E-state index contributed by atoms with van der Waals surface area (Å²) in [6.45, 7) is 3.80. The number of pyridine rings is 2. The van der Waals surface area contributed by atoms with Crippen LogP contribution in [-0.4, -0.2) is 90.4 Å². The maximum absolute atomic E-state index is 12.5. The van der Waals surface area contributed by atoms with Crippen molar-refractivity contribution in [2.24, 2.45) is 10.7 Å². The molecule has 3 aromatic heterocycles. The lowest BCUT2D eigenvalue weighted by Gasteiger charge is -2.35. The molecule has 0 aliphatic carbocycles. The first kappa shape index (κ1) is 25.9. The molecule has 1 saturated heterocycles. The molecule has 0 saturated carbocycles. The highest BCUT2D eigenvalue weighted by Gasteiger charge is 2.22. The molecule has 1 fully saturated rings. The second kappa shape index (κ2) is 11.7. The van der Waals surface area contributed by atoms with Crippen molar-refractivity contribution in [2.75, 3.05) is 58.8 Å². The van der Waals surface area contributed by atoms with Crippen LogP contribution in [0.2, 0.25) is 0 Å². The smallest absolute Gasteiger partial charge is 0.222 e. The van der Waals surface area contributed by atoms with E-state index in [1.807, 2.05) is 49.6 Å². The fourth-order valence-corrected chi connectivity index (χ4v) is 4.56. The van der Waals surface area contributed by atoms with Gasteiger partial charge in [0.15, 0.2) is 0 Å². The van der Waals surface area contributed by atoms with Gasteiger partial charge in [-0.2, -0.15) is 10.4 Å². The third-order valence-electron chi connectivity index (χ3n) is 6.52. The van der Waals surface area contributed by atoms with Crippen LogP contribution in [0.4, 0.5) is 5.82 Å². The number of fused-ring (bicyclic) bond motifs is 1. The summed E-state index contributed by atoms with van der Waals surface area (Å²) in [5.74, 6) is 1.09. The number of carbonyl (C=O) groups excluding carboxylic acids is 1. The van der Waals surface area contributed by atoms with Crippen molar-refractivity contribution in [1.29, 1.82) is 5.26 Å². The zero-order valence-corrected chi connectivity index (χ0v) is 21.6. The molecule has 10 heteroatoms. The van der Waals surface area contributed by atoms with Gasteiger partial charge in [0.25, 0.3) is 0 Å². The number of hydrogen-bond donors (Lipinski definition) is 1. The molecule has 1 amide bonds. The SMILES string of the molecule is CN=CC(=CN)c1cc(-c2ccc(N3CCN(C(=O)CCCN(C)C)CC3)nc2)c2c(C#N)cnn2c1. The summed E-state index contributed by atoms with van der Waals surface area (Å²) in [6, 6.07) is 8.21. The van der Waals surface area contributed by atoms with E-state index in [0.29, 0.717) is 30.6 Å². The lowest BCUT2D eigenvalue weighted by Crippen LogP contribution is -2.49. The summed E-state index contributed by atoms with van der Waals surface area (Å²) >= 11 is 0. The zero-order valence-electron chi connectivity index (χ0n) is 21.6. The number of carbonyl (C=O) groups is 1. The second-order valence-corrected chi connectivity index (χ2v) is 9.29. The van der Waals surface area contributed by atoms with E-state index in [9.17, 15) is 10.1 Å². The molecular weight excluding hydrogens is 466 g/mol. The molecule has 3 aromatic rings. The number of hydrogen-bond acceptors (Lipinski definition) is 8. The van der Waals surface area contributed by atoms with Gasteiger partial charge in [0.2, 0.25) is 5.91 Å². The van der Waals surface area contributed by atoms with E-state index in [4.69, 9.17) is 10.7 Å². The van der Waals surface area contributed by atoms with E-state index in [1.165, 1.54) is 6.20 Å². The standard InChI is InChI=1S/C27H33N9O/c1-30-16-22(14-28)21-13-24(27-23(15-29)18-32-36(27)19-21)20-6-7-25(31-17-20)34-9-11-35(12-10-34)26(37)5-4-8-33(2)3/h6-7,13-14,16-19H,4-5,8-12,28H2,1-3H3. The molecule has 4 heterocycles. The molecule has 192 valence electrons. The molecule has 0 atom stereocenters. The predicted molar refractivity (Wildman–Crippen MR) is 146 cm³/mol. The topological polar surface area (TPSA) is 119 Å². The summed E-state index contributed by atoms with van der Waals surface area (Å²) in [6.07, 6.45) is 9.87. The molecule has 0 radical (unpaired) electrons. The first-order valence-corrected chi connectivity index (χ1v) is 12.3. The molecule has 0 aromatic carbocycles. The molecule has 10 nitrogen and oxygen atoms in total. The van der Waals surface area contributed by atoms with Gasteiger partial charge in [0.1, 0.15) is 11.9 Å².